The molecule has 0 aromatic carbocycles. The Balaban J connectivity index is -0.0000000275. The fourth-order valence-corrected chi connectivity index (χ4v) is 0. The van der Waals surface area contributed by atoms with Crippen molar-refractivity contribution in [2.45, 2.75) is 0 Å². The Kier molecular flexibility index (Phi) is 132. The first-order valence-electron chi connectivity index (χ1n) is 0.773. The van der Waals surface area contributed by atoms with E-state index in [1.807, 2.05) is 0 Å². The Morgan fingerprint density at radius 3 is 1.67 bits per heavy atom. The first kappa shape index (κ1) is 16.0. The van der Waals surface area contributed by atoms with Crippen LogP contribution >= 0.6 is 0 Å². The fraction of sp³-hybridized carbons (Fsp3) is 0. The molecule has 0 heterocycles. The summed E-state index contributed by atoms with van der Waals surface area (Å²) in [6, 6.07) is 0. The minimum atomic E-state index is 0. The van der Waals surface area contributed by atoms with Gasteiger partial charge in [-0.15, -0.1) is 5.34 Å². The molecule has 0 spiro atoms. The van der Waals surface area contributed by atoms with E-state index in [0.29, 0.717) is 0 Å². The van der Waals surface area contributed by atoms with Crippen molar-refractivity contribution in [3.63, 3.8) is 0 Å². The zero-order valence-corrected chi connectivity index (χ0v) is 5.96. The molecule has 0 aromatic heterocycles. The van der Waals surface area contributed by atoms with Crippen LogP contribution in [-0.2, 0) is 32.7 Å². The molecule has 0 bridgehead atoms. The number of nitrogens with zero attached hydrogens (tertiary/aromatic N) is 1. The minimum absolute atomic E-state index is 0. The van der Waals surface area contributed by atoms with Crippen molar-refractivity contribution in [3.8, 4) is 0 Å². The molecule has 0 aliphatic carbocycles. The van der Waals surface area contributed by atoms with Crippen molar-refractivity contribution in [1.82, 2.24) is 0 Å². The monoisotopic (exact) mass is 162 g/mol. The Morgan fingerprint density at radius 2 is 1.67 bits per heavy atom. The zero-order valence-electron chi connectivity index (χ0n) is 3.13. The van der Waals surface area contributed by atoms with Crippen molar-refractivity contribution in [3.05, 3.63) is 24.0 Å². The second-order valence-corrected chi connectivity index (χ2v) is 0.0745. The molecule has 0 unspecified atom stereocenters. The molecule has 3 nitrogen and oxygen atoms in total. The van der Waals surface area contributed by atoms with Gasteiger partial charge in [0.2, 0.25) is 0 Å². The van der Waals surface area contributed by atoms with Crippen molar-refractivity contribution < 1.29 is 32.7 Å². The number of rotatable bonds is 0. The van der Waals surface area contributed by atoms with Crippen LogP contribution in [-0.4, -0.2) is 0 Å². The second-order valence-electron chi connectivity index (χ2n) is 0.0745. The van der Waals surface area contributed by atoms with Crippen molar-refractivity contribution in [2.24, 2.45) is 5.34 Å². The third-order valence-corrected chi connectivity index (χ3v) is 0. The molecule has 0 saturated heterocycles. The van der Waals surface area contributed by atoms with E-state index in [0.717, 1.165) is 5.34 Å². The van der Waals surface area contributed by atoms with Gasteiger partial charge in [0.1, 0.15) is 0 Å². The second kappa shape index (κ2) is 49.4. The smallest absolute Gasteiger partial charge is 0 e. The maximum Gasteiger partial charge on any atom is 0 e. The molecule has 33 valence electrons. The summed E-state index contributed by atoms with van der Waals surface area (Å²) in [7, 11) is 0. The van der Waals surface area contributed by atoms with Crippen LogP contribution in [0.2, 0.25) is 0 Å². The van der Waals surface area contributed by atoms with Gasteiger partial charge in [-0.05, 0) is 0 Å². The van der Waals surface area contributed by atoms with Crippen LogP contribution in [0.25, 0.3) is 0 Å². The number of hydrogen-bond donors (Lipinski definition) is 0. The summed E-state index contributed by atoms with van der Waals surface area (Å²) < 4.78 is 0. The van der Waals surface area contributed by atoms with Crippen molar-refractivity contribution in [1.29, 1.82) is 0 Å². The third kappa shape index (κ3) is 218. The molecule has 0 fully saturated rings. The van der Waals surface area contributed by atoms with Crippen LogP contribution < -0.4 is 0 Å². The summed E-state index contributed by atoms with van der Waals surface area (Å²) in [6.45, 7) is 7.00. The van der Waals surface area contributed by atoms with Gasteiger partial charge in [0, 0.05) is 32.7 Å². The summed E-state index contributed by atoms with van der Waals surface area (Å²) in [5, 5.41) is 9.00. The fourth-order valence-electron chi connectivity index (χ4n) is 0. The number of hydrogen-bond acceptors (Lipinski definition) is 3. The summed E-state index contributed by atoms with van der Waals surface area (Å²) in [5.74, 6) is 0. The Bertz CT molecular complexity index is 19.0. The molecular formula is C2H3NO2Y-2. The zero-order chi connectivity index (χ0) is 4.71. The molecule has 0 aromatic rings. The molecule has 3 radical (unpaired) electrons. The van der Waals surface area contributed by atoms with E-state index in [1.54, 1.807) is 0 Å². The Morgan fingerprint density at radius 1 is 1.67 bits per heavy atom. The first-order chi connectivity index (χ1) is 2.41. The summed E-state index contributed by atoms with van der Waals surface area (Å²) in [6.07, 6.45) is 0. The first-order valence-corrected chi connectivity index (χ1v) is 0.773. The van der Waals surface area contributed by atoms with Gasteiger partial charge in [0.15, 0.2) is 0 Å². The normalized spacial score (nSPS) is 3.00. The molecule has 0 atom stereocenters. The molecule has 0 N–H and O–H groups in total. The van der Waals surface area contributed by atoms with Crippen LogP contribution in [0.4, 0.5) is 0 Å². The summed E-state index contributed by atoms with van der Waals surface area (Å²) in [5.41, 5.74) is 0. The van der Waals surface area contributed by atoms with Gasteiger partial charge in [0.05, 0.1) is 0 Å². The Labute approximate surface area is 61.9 Å². The largest absolute Gasteiger partial charge is 0.444 e. The summed E-state index contributed by atoms with van der Waals surface area (Å²) in [4.78, 5) is 8.00. The quantitative estimate of drug-likeness (QED) is 0.300. The molecule has 0 amide bonds. The van der Waals surface area contributed by atoms with Crippen LogP contribution in [0.15, 0.2) is 5.34 Å². The van der Waals surface area contributed by atoms with Crippen molar-refractivity contribution in [2.75, 3.05) is 0 Å². The predicted molar refractivity (Wildman–Crippen MR) is 18.8 cm³/mol. The molecular weight excluding hydrogens is 159 g/mol. The van der Waals surface area contributed by atoms with E-state index in [-0.39, 0.29) is 32.7 Å². The molecule has 6 heavy (non-hydrogen) atoms. The maximum atomic E-state index is 8.00. The molecule has 0 aliphatic rings. The predicted octanol–water partition coefficient (Wildman–Crippen LogP) is 0.780. The third-order valence-electron chi connectivity index (χ3n) is 0. The molecule has 4 heteroatoms. The van der Waals surface area contributed by atoms with Gasteiger partial charge in [-0.25, -0.2) is 6.92 Å². The summed E-state index contributed by atoms with van der Waals surface area (Å²) >= 11 is 0. The topological polar surface area (TPSA) is 52.5 Å². The van der Waals surface area contributed by atoms with E-state index in [1.165, 1.54) is 0 Å². The van der Waals surface area contributed by atoms with Crippen LogP contribution in [0, 0.1) is 24.0 Å². The SMILES string of the molecule is O=N[O-].[CH][CH2-].[Y]. The van der Waals surface area contributed by atoms with E-state index >= 15 is 0 Å². The van der Waals surface area contributed by atoms with Gasteiger partial charge < -0.3 is 17.0 Å². The van der Waals surface area contributed by atoms with Gasteiger partial charge in [0.25, 0.3) is 0 Å². The van der Waals surface area contributed by atoms with Gasteiger partial charge in [-0.3, -0.25) is 0 Å². The van der Waals surface area contributed by atoms with E-state index < -0.39 is 0 Å². The molecule has 0 aliphatic heterocycles. The van der Waals surface area contributed by atoms with Crippen LogP contribution in [0.5, 0.6) is 0 Å². The van der Waals surface area contributed by atoms with Gasteiger partial charge in [-0.2, -0.15) is 0 Å². The van der Waals surface area contributed by atoms with Crippen LogP contribution in [0.1, 0.15) is 0 Å². The average Bonchev–Trinajstić information content (AvgIpc) is 1.46. The van der Waals surface area contributed by atoms with E-state index in [9.17, 15) is 0 Å². The van der Waals surface area contributed by atoms with Crippen molar-refractivity contribution >= 4 is 0 Å². The van der Waals surface area contributed by atoms with Gasteiger partial charge in [-0.1, -0.05) is 0 Å². The minimum Gasteiger partial charge on any atom is -0.444 e. The van der Waals surface area contributed by atoms with E-state index in [4.69, 9.17) is 10.1 Å². The maximum absolute atomic E-state index is 8.00. The standard InChI is InChI=1S/C2H3.HNO2.Y/c1-2;2-1-3;/h1H,2H2;(H,2,3);/q-1;;/p-1. The van der Waals surface area contributed by atoms with Gasteiger partial charge >= 0.3 is 0 Å². The molecule has 0 rings (SSSR count). The molecule has 0 saturated carbocycles. The van der Waals surface area contributed by atoms with E-state index in [2.05, 4.69) is 13.8 Å². The van der Waals surface area contributed by atoms with Crippen LogP contribution in [0.3, 0.4) is 0 Å². The average molecular weight is 162 g/mol. The Hall–Kier alpha value is 0.504.